The fraction of sp³-hybridized carbons (Fsp3) is 0.500. The van der Waals surface area contributed by atoms with Gasteiger partial charge in [0.05, 0.1) is 11.7 Å². The lowest BCUT2D eigenvalue weighted by molar-refractivity contribution is -0.119. The largest absolute Gasteiger partial charge is 0.372 e. The highest BCUT2D eigenvalue weighted by Crippen LogP contribution is 2.20. The zero-order chi connectivity index (χ0) is 16.7. The molecule has 23 heavy (non-hydrogen) atoms. The standard InChI is InChI=1S/C18H28N4O/c1-4-5-10-19-14(2)20-16-7-6-8-17(12-16)21-18(23)15-9-11-22(3)13-15/h6-8,12,15,19-20H,2,4-5,9-11,13H2,1,3H3,(H,21,23)/t15-/m0/s1. The molecule has 3 N–H and O–H groups in total. The fourth-order valence-corrected chi connectivity index (χ4v) is 2.70. The van der Waals surface area contributed by atoms with Gasteiger partial charge in [-0.25, -0.2) is 0 Å². The summed E-state index contributed by atoms with van der Waals surface area (Å²) in [6, 6.07) is 7.74. The van der Waals surface area contributed by atoms with Gasteiger partial charge in [-0.05, 0) is 44.6 Å². The van der Waals surface area contributed by atoms with Crippen molar-refractivity contribution in [3.8, 4) is 0 Å². The summed E-state index contributed by atoms with van der Waals surface area (Å²) in [5.41, 5.74) is 1.73. The number of likely N-dealkylation sites (tertiary alicyclic amines) is 1. The van der Waals surface area contributed by atoms with Crippen LogP contribution in [0.5, 0.6) is 0 Å². The minimum Gasteiger partial charge on any atom is -0.372 e. The molecule has 1 atom stereocenters. The van der Waals surface area contributed by atoms with E-state index in [1.165, 1.54) is 0 Å². The van der Waals surface area contributed by atoms with Crippen LogP contribution in [-0.4, -0.2) is 37.5 Å². The van der Waals surface area contributed by atoms with Crippen LogP contribution in [-0.2, 0) is 4.79 Å². The molecule has 1 saturated heterocycles. The third-order valence-corrected chi connectivity index (χ3v) is 4.06. The maximum Gasteiger partial charge on any atom is 0.228 e. The van der Waals surface area contributed by atoms with Crippen molar-refractivity contribution in [3.63, 3.8) is 0 Å². The average molecular weight is 316 g/mol. The van der Waals surface area contributed by atoms with E-state index in [1.807, 2.05) is 24.3 Å². The van der Waals surface area contributed by atoms with Crippen molar-refractivity contribution in [2.75, 3.05) is 37.3 Å². The van der Waals surface area contributed by atoms with E-state index in [0.29, 0.717) is 0 Å². The van der Waals surface area contributed by atoms with Crippen molar-refractivity contribution in [1.82, 2.24) is 10.2 Å². The average Bonchev–Trinajstić information content (AvgIpc) is 2.94. The summed E-state index contributed by atoms with van der Waals surface area (Å²) in [5, 5.41) is 9.48. The van der Waals surface area contributed by atoms with Crippen LogP contribution in [0, 0.1) is 5.92 Å². The Bertz CT molecular complexity index is 544. The van der Waals surface area contributed by atoms with Gasteiger partial charge in [0.1, 0.15) is 0 Å². The summed E-state index contributed by atoms with van der Waals surface area (Å²) in [4.78, 5) is 14.5. The molecule has 126 valence electrons. The second kappa shape index (κ2) is 8.58. The van der Waals surface area contributed by atoms with Crippen LogP contribution in [0.1, 0.15) is 26.2 Å². The van der Waals surface area contributed by atoms with Crippen LogP contribution in [0.2, 0.25) is 0 Å². The SMILES string of the molecule is C=C(NCCCC)Nc1cccc(NC(=O)[C@H]2CCN(C)C2)c1. The van der Waals surface area contributed by atoms with Crippen LogP contribution in [0.4, 0.5) is 11.4 Å². The van der Waals surface area contributed by atoms with Crippen LogP contribution < -0.4 is 16.0 Å². The number of anilines is 2. The number of rotatable bonds is 8. The monoisotopic (exact) mass is 316 g/mol. The molecule has 1 aliphatic rings. The second-order valence-corrected chi connectivity index (χ2v) is 6.20. The third-order valence-electron chi connectivity index (χ3n) is 4.06. The lowest BCUT2D eigenvalue weighted by atomic mass is 10.1. The molecule has 5 heteroatoms. The molecule has 1 heterocycles. The first-order valence-corrected chi connectivity index (χ1v) is 8.37. The van der Waals surface area contributed by atoms with Gasteiger partial charge in [0.15, 0.2) is 0 Å². The Hall–Kier alpha value is -2.01. The van der Waals surface area contributed by atoms with Crippen LogP contribution in [0.15, 0.2) is 36.7 Å². The van der Waals surface area contributed by atoms with Gasteiger partial charge in [-0.3, -0.25) is 4.79 Å². The van der Waals surface area contributed by atoms with Gasteiger partial charge in [0.2, 0.25) is 5.91 Å². The first-order valence-electron chi connectivity index (χ1n) is 8.37. The van der Waals surface area contributed by atoms with Crippen molar-refractivity contribution in [3.05, 3.63) is 36.7 Å². The number of carbonyl (C=O) groups is 1. The molecule has 1 amide bonds. The normalized spacial score (nSPS) is 17.7. The highest BCUT2D eigenvalue weighted by molar-refractivity contribution is 5.93. The summed E-state index contributed by atoms with van der Waals surface area (Å²) in [6.45, 7) is 8.86. The molecule has 0 aromatic heterocycles. The van der Waals surface area contributed by atoms with Crippen LogP contribution >= 0.6 is 0 Å². The first-order chi connectivity index (χ1) is 11.1. The maximum absolute atomic E-state index is 12.3. The number of amides is 1. The zero-order valence-corrected chi connectivity index (χ0v) is 14.2. The molecule has 5 nitrogen and oxygen atoms in total. The highest BCUT2D eigenvalue weighted by atomic mass is 16.1. The smallest absolute Gasteiger partial charge is 0.228 e. The number of benzene rings is 1. The number of nitrogens with zero attached hydrogens (tertiary/aromatic N) is 1. The summed E-state index contributed by atoms with van der Waals surface area (Å²) >= 11 is 0. The van der Waals surface area contributed by atoms with E-state index in [2.05, 4.69) is 41.4 Å². The summed E-state index contributed by atoms with van der Waals surface area (Å²) in [5.74, 6) is 0.966. The first kappa shape index (κ1) is 17.3. The van der Waals surface area contributed by atoms with Gasteiger partial charge >= 0.3 is 0 Å². The van der Waals surface area contributed by atoms with Crippen molar-refractivity contribution >= 4 is 17.3 Å². The molecule has 2 rings (SSSR count). The molecular weight excluding hydrogens is 288 g/mol. The Balaban J connectivity index is 1.86. The van der Waals surface area contributed by atoms with Crippen molar-refractivity contribution in [2.45, 2.75) is 26.2 Å². The van der Waals surface area contributed by atoms with Gasteiger partial charge < -0.3 is 20.9 Å². The Morgan fingerprint density at radius 1 is 1.35 bits per heavy atom. The lowest BCUT2D eigenvalue weighted by Gasteiger charge is -2.14. The van der Waals surface area contributed by atoms with E-state index in [-0.39, 0.29) is 11.8 Å². The third kappa shape index (κ3) is 5.60. The Labute approximate surface area is 139 Å². The second-order valence-electron chi connectivity index (χ2n) is 6.20. The summed E-state index contributed by atoms with van der Waals surface area (Å²) in [6.07, 6.45) is 3.20. The fourth-order valence-electron chi connectivity index (χ4n) is 2.70. The van der Waals surface area contributed by atoms with Crippen molar-refractivity contribution in [1.29, 1.82) is 0 Å². The maximum atomic E-state index is 12.3. The Kier molecular flexibility index (Phi) is 6.47. The molecule has 1 aromatic rings. The number of hydrogen-bond acceptors (Lipinski definition) is 4. The van der Waals surface area contributed by atoms with Gasteiger partial charge in [-0.2, -0.15) is 0 Å². The number of unbranched alkanes of at least 4 members (excludes halogenated alkanes) is 1. The molecular formula is C18H28N4O. The molecule has 0 aliphatic carbocycles. The van der Waals surface area contributed by atoms with Crippen molar-refractivity contribution in [2.24, 2.45) is 5.92 Å². The van der Waals surface area contributed by atoms with Crippen LogP contribution in [0.3, 0.4) is 0 Å². The molecule has 1 aromatic carbocycles. The molecule has 0 radical (unpaired) electrons. The molecule has 1 fully saturated rings. The quantitative estimate of drug-likeness (QED) is 0.646. The number of nitrogens with one attached hydrogen (secondary N) is 3. The number of carbonyl (C=O) groups excluding carboxylic acids is 1. The lowest BCUT2D eigenvalue weighted by Crippen LogP contribution is -2.25. The van der Waals surface area contributed by atoms with E-state index in [1.54, 1.807) is 0 Å². The number of hydrogen-bond donors (Lipinski definition) is 3. The minimum atomic E-state index is 0.0855. The van der Waals surface area contributed by atoms with E-state index < -0.39 is 0 Å². The Morgan fingerprint density at radius 3 is 2.74 bits per heavy atom. The highest BCUT2D eigenvalue weighted by Gasteiger charge is 2.25. The van der Waals surface area contributed by atoms with Gasteiger partial charge in [-0.15, -0.1) is 0 Å². The minimum absolute atomic E-state index is 0.0855. The topological polar surface area (TPSA) is 56.4 Å². The van der Waals surface area contributed by atoms with E-state index >= 15 is 0 Å². The molecule has 0 spiro atoms. The summed E-state index contributed by atoms with van der Waals surface area (Å²) in [7, 11) is 2.05. The molecule has 0 unspecified atom stereocenters. The Morgan fingerprint density at radius 2 is 2.09 bits per heavy atom. The van der Waals surface area contributed by atoms with Gasteiger partial charge in [0, 0.05) is 24.5 Å². The van der Waals surface area contributed by atoms with Crippen molar-refractivity contribution < 1.29 is 4.79 Å². The van der Waals surface area contributed by atoms with E-state index in [9.17, 15) is 4.79 Å². The van der Waals surface area contributed by atoms with Crippen LogP contribution in [0.25, 0.3) is 0 Å². The summed E-state index contributed by atoms with van der Waals surface area (Å²) < 4.78 is 0. The van der Waals surface area contributed by atoms with E-state index in [0.717, 1.165) is 56.1 Å². The predicted molar refractivity (Wildman–Crippen MR) is 96.3 cm³/mol. The predicted octanol–water partition coefficient (Wildman–Crippen LogP) is 2.85. The zero-order valence-electron chi connectivity index (χ0n) is 14.2. The molecule has 0 saturated carbocycles. The van der Waals surface area contributed by atoms with Gasteiger partial charge in [0.25, 0.3) is 0 Å². The van der Waals surface area contributed by atoms with E-state index in [4.69, 9.17) is 0 Å². The molecule has 0 bridgehead atoms. The van der Waals surface area contributed by atoms with Gasteiger partial charge in [-0.1, -0.05) is 26.0 Å². The molecule has 1 aliphatic heterocycles.